The van der Waals surface area contributed by atoms with Crippen LogP contribution in [0.1, 0.15) is 44.1 Å². The van der Waals surface area contributed by atoms with Crippen LogP contribution in [0.2, 0.25) is 0 Å². The Hall–Kier alpha value is -2.69. The Morgan fingerprint density at radius 3 is 2.52 bits per heavy atom. The molecule has 0 aliphatic heterocycles. The van der Waals surface area contributed by atoms with Crippen molar-refractivity contribution in [3.05, 3.63) is 48.0 Å². The molecule has 1 N–H and O–H groups in total. The molecule has 0 atom stereocenters. The highest BCUT2D eigenvalue weighted by molar-refractivity contribution is 5.99. The van der Waals surface area contributed by atoms with Gasteiger partial charge in [-0.2, -0.15) is 5.10 Å². The number of ether oxygens (including phenoxy) is 1. The fourth-order valence-corrected chi connectivity index (χ4v) is 2.60. The monoisotopic (exact) mass is 340 g/mol. The van der Waals surface area contributed by atoms with E-state index in [1.807, 2.05) is 42.5 Å². The number of hydrogen-bond acceptors (Lipinski definition) is 4. The second-order valence-electron chi connectivity index (χ2n) is 5.85. The second-order valence-corrected chi connectivity index (χ2v) is 5.85. The van der Waals surface area contributed by atoms with Crippen LogP contribution in [0.25, 0.3) is 10.8 Å². The van der Waals surface area contributed by atoms with Gasteiger partial charge in [0.1, 0.15) is 0 Å². The summed E-state index contributed by atoms with van der Waals surface area (Å²) in [6, 6.07) is 14.1. The zero-order valence-electron chi connectivity index (χ0n) is 14.5. The molecule has 0 spiro atoms. The van der Waals surface area contributed by atoms with Gasteiger partial charge in [-0.15, -0.1) is 0 Å². The number of unbranched alkanes of at least 4 members (excludes halogenated alkanes) is 3. The summed E-state index contributed by atoms with van der Waals surface area (Å²) in [6.07, 6.45) is 5.98. The highest BCUT2D eigenvalue weighted by Gasteiger charge is 2.02. The SMILES string of the molecule is COC(=O)CCCCCCC(=O)N/N=C/c1cccc2ccccc12. The van der Waals surface area contributed by atoms with Gasteiger partial charge < -0.3 is 4.74 Å². The third-order valence-electron chi connectivity index (χ3n) is 3.98. The molecule has 0 radical (unpaired) electrons. The van der Waals surface area contributed by atoms with Crippen molar-refractivity contribution < 1.29 is 14.3 Å². The van der Waals surface area contributed by atoms with Gasteiger partial charge in [0.2, 0.25) is 5.91 Å². The quantitative estimate of drug-likeness (QED) is 0.327. The van der Waals surface area contributed by atoms with Crippen molar-refractivity contribution in [1.29, 1.82) is 0 Å². The molecule has 5 heteroatoms. The van der Waals surface area contributed by atoms with Gasteiger partial charge in [0, 0.05) is 18.4 Å². The first-order valence-electron chi connectivity index (χ1n) is 8.57. The van der Waals surface area contributed by atoms with E-state index in [-0.39, 0.29) is 11.9 Å². The lowest BCUT2D eigenvalue weighted by Crippen LogP contribution is -2.16. The number of amides is 1. The zero-order valence-corrected chi connectivity index (χ0v) is 14.5. The van der Waals surface area contributed by atoms with Gasteiger partial charge in [-0.1, -0.05) is 55.3 Å². The molecule has 0 saturated carbocycles. The van der Waals surface area contributed by atoms with E-state index in [1.54, 1.807) is 6.21 Å². The van der Waals surface area contributed by atoms with Crippen LogP contribution < -0.4 is 5.43 Å². The van der Waals surface area contributed by atoms with Gasteiger partial charge in [-0.05, 0) is 23.6 Å². The first-order chi connectivity index (χ1) is 12.2. The maximum Gasteiger partial charge on any atom is 0.305 e. The minimum atomic E-state index is -0.180. The van der Waals surface area contributed by atoms with Gasteiger partial charge in [0.05, 0.1) is 13.3 Å². The molecule has 25 heavy (non-hydrogen) atoms. The highest BCUT2D eigenvalue weighted by atomic mass is 16.5. The van der Waals surface area contributed by atoms with Crippen molar-refractivity contribution in [2.24, 2.45) is 5.10 Å². The normalized spacial score (nSPS) is 10.9. The molecule has 0 aliphatic carbocycles. The molecule has 0 fully saturated rings. The Kier molecular flexibility index (Phi) is 7.63. The Balaban J connectivity index is 1.69. The second kappa shape index (κ2) is 10.2. The van der Waals surface area contributed by atoms with Crippen LogP contribution in [0.4, 0.5) is 0 Å². The molecule has 0 heterocycles. The summed E-state index contributed by atoms with van der Waals surface area (Å²) < 4.78 is 4.58. The van der Waals surface area contributed by atoms with E-state index < -0.39 is 0 Å². The first-order valence-corrected chi connectivity index (χ1v) is 8.57. The number of carbonyl (C=O) groups is 2. The minimum Gasteiger partial charge on any atom is -0.469 e. The van der Waals surface area contributed by atoms with E-state index in [2.05, 4.69) is 15.3 Å². The average molecular weight is 340 g/mol. The molecule has 0 aromatic heterocycles. The number of nitrogens with one attached hydrogen (secondary N) is 1. The molecule has 5 nitrogen and oxygen atoms in total. The maximum absolute atomic E-state index is 11.8. The zero-order chi connectivity index (χ0) is 17.9. The molecule has 0 bridgehead atoms. The number of benzene rings is 2. The maximum atomic E-state index is 11.8. The Morgan fingerprint density at radius 1 is 1.00 bits per heavy atom. The van der Waals surface area contributed by atoms with Crippen LogP contribution in [0, 0.1) is 0 Å². The Morgan fingerprint density at radius 2 is 1.72 bits per heavy atom. The van der Waals surface area contributed by atoms with Crippen molar-refractivity contribution >= 4 is 28.9 Å². The fraction of sp³-hybridized carbons (Fsp3) is 0.350. The van der Waals surface area contributed by atoms with E-state index >= 15 is 0 Å². The lowest BCUT2D eigenvalue weighted by atomic mass is 10.1. The van der Waals surface area contributed by atoms with E-state index in [0.717, 1.165) is 42.0 Å². The molecule has 0 aliphatic rings. The molecule has 132 valence electrons. The van der Waals surface area contributed by atoms with E-state index in [4.69, 9.17) is 0 Å². The fourth-order valence-electron chi connectivity index (χ4n) is 2.60. The topological polar surface area (TPSA) is 67.8 Å². The van der Waals surface area contributed by atoms with Crippen molar-refractivity contribution in [3.63, 3.8) is 0 Å². The third-order valence-corrected chi connectivity index (χ3v) is 3.98. The predicted octanol–water partition coefficient (Wildman–Crippen LogP) is 3.80. The molecule has 2 aromatic rings. The van der Waals surface area contributed by atoms with Crippen molar-refractivity contribution in [2.75, 3.05) is 7.11 Å². The van der Waals surface area contributed by atoms with Gasteiger partial charge in [0.15, 0.2) is 0 Å². The first kappa shape index (κ1) is 18.6. The van der Waals surface area contributed by atoms with Crippen molar-refractivity contribution in [1.82, 2.24) is 5.43 Å². The van der Waals surface area contributed by atoms with Gasteiger partial charge in [-0.25, -0.2) is 5.43 Å². The molecule has 1 amide bonds. The molecule has 2 rings (SSSR count). The largest absolute Gasteiger partial charge is 0.469 e. The number of esters is 1. The van der Waals surface area contributed by atoms with Crippen molar-refractivity contribution in [2.45, 2.75) is 38.5 Å². The van der Waals surface area contributed by atoms with Crippen LogP contribution in [0.5, 0.6) is 0 Å². The number of rotatable bonds is 9. The minimum absolute atomic E-state index is 0.0931. The van der Waals surface area contributed by atoms with Crippen LogP contribution in [-0.2, 0) is 14.3 Å². The highest BCUT2D eigenvalue weighted by Crippen LogP contribution is 2.16. The summed E-state index contributed by atoms with van der Waals surface area (Å²) in [6.45, 7) is 0. The van der Waals surface area contributed by atoms with Gasteiger partial charge in [-0.3, -0.25) is 9.59 Å². The average Bonchev–Trinajstić information content (AvgIpc) is 2.64. The molecular weight excluding hydrogens is 316 g/mol. The lowest BCUT2D eigenvalue weighted by molar-refractivity contribution is -0.140. The number of fused-ring (bicyclic) bond motifs is 1. The molecule has 0 unspecified atom stereocenters. The van der Waals surface area contributed by atoms with Crippen molar-refractivity contribution in [3.8, 4) is 0 Å². The Labute approximate surface area is 148 Å². The predicted molar refractivity (Wildman–Crippen MR) is 99.4 cm³/mol. The van der Waals surface area contributed by atoms with Crippen LogP contribution in [0.3, 0.4) is 0 Å². The smallest absolute Gasteiger partial charge is 0.305 e. The van der Waals surface area contributed by atoms with E-state index in [1.165, 1.54) is 7.11 Å². The third kappa shape index (κ3) is 6.37. The standard InChI is InChI=1S/C20H24N2O3/c1-25-20(24)14-5-3-2-4-13-19(23)22-21-15-17-11-8-10-16-9-6-7-12-18(16)17/h6-12,15H,2-5,13-14H2,1H3,(H,22,23)/b21-15+. The number of nitrogens with zero attached hydrogens (tertiary/aromatic N) is 1. The molecular formula is C20H24N2O3. The summed E-state index contributed by atoms with van der Waals surface area (Å²) in [5, 5.41) is 6.30. The van der Waals surface area contributed by atoms with E-state index in [0.29, 0.717) is 12.8 Å². The summed E-state index contributed by atoms with van der Waals surface area (Å²) in [4.78, 5) is 22.8. The van der Waals surface area contributed by atoms with Crippen LogP contribution >= 0.6 is 0 Å². The number of hydrazone groups is 1. The lowest BCUT2D eigenvalue weighted by Gasteiger charge is -2.02. The number of methoxy groups -OCH3 is 1. The molecule has 2 aromatic carbocycles. The summed E-state index contributed by atoms with van der Waals surface area (Å²) >= 11 is 0. The Bertz CT molecular complexity index is 735. The van der Waals surface area contributed by atoms with Gasteiger partial charge >= 0.3 is 5.97 Å². The van der Waals surface area contributed by atoms with Crippen LogP contribution in [-0.4, -0.2) is 25.2 Å². The summed E-state index contributed by atoms with van der Waals surface area (Å²) in [5.41, 5.74) is 3.54. The molecule has 0 saturated heterocycles. The van der Waals surface area contributed by atoms with Crippen LogP contribution in [0.15, 0.2) is 47.6 Å². The van der Waals surface area contributed by atoms with Gasteiger partial charge in [0.25, 0.3) is 0 Å². The van der Waals surface area contributed by atoms with E-state index in [9.17, 15) is 9.59 Å². The number of carbonyl (C=O) groups excluding carboxylic acids is 2. The summed E-state index contributed by atoms with van der Waals surface area (Å²) in [5.74, 6) is -0.273. The summed E-state index contributed by atoms with van der Waals surface area (Å²) in [7, 11) is 1.39. The number of hydrogen-bond donors (Lipinski definition) is 1.